The van der Waals surface area contributed by atoms with Crippen LogP contribution in [-0.4, -0.2) is 44.8 Å². The Balaban J connectivity index is 1.21. The minimum atomic E-state index is -0.495. The van der Waals surface area contributed by atoms with Crippen LogP contribution in [0, 0.1) is 5.92 Å². The average molecular weight is 466 g/mol. The Labute approximate surface area is 197 Å². The van der Waals surface area contributed by atoms with Crippen molar-refractivity contribution in [3.05, 3.63) is 51.9 Å². The molecule has 2 aliphatic heterocycles. The minimum absolute atomic E-state index is 0.0876. The average Bonchev–Trinajstić information content (AvgIpc) is 3.54. The van der Waals surface area contributed by atoms with Gasteiger partial charge in [-0.2, -0.15) is 0 Å². The number of rotatable bonds is 5. The van der Waals surface area contributed by atoms with E-state index in [-0.39, 0.29) is 11.7 Å². The van der Waals surface area contributed by atoms with Crippen LogP contribution in [0.5, 0.6) is 5.75 Å². The van der Waals surface area contributed by atoms with E-state index in [1.807, 2.05) is 30.3 Å². The summed E-state index contributed by atoms with van der Waals surface area (Å²) in [6.07, 6.45) is 10.6. The molecule has 1 N–H and O–H groups in total. The van der Waals surface area contributed by atoms with Gasteiger partial charge in [0, 0.05) is 17.0 Å². The summed E-state index contributed by atoms with van der Waals surface area (Å²) in [7, 11) is 2.24. The number of aliphatic hydroxyl groups is 1. The van der Waals surface area contributed by atoms with Crippen molar-refractivity contribution in [2.75, 3.05) is 7.05 Å². The molecule has 3 aromatic rings. The Hall–Kier alpha value is -2.22. The first kappa shape index (κ1) is 21.3. The smallest absolute Gasteiger partial charge is 0.275 e. The molecule has 6 rings (SSSR count). The third kappa shape index (κ3) is 3.90. The van der Waals surface area contributed by atoms with Gasteiger partial charge in [0.1, 0.15) is 22.9 Å². The molecule has 1 unspecified atom stereocenters. The Morgan fingerprint density at radius 1 is 1.09 bits per heavy atom. The van der Waals surface area contributed by atoms with Gasteiger partial charge in [0.15, 0.2) is 0 Å². The molecule has 1 aromatic carbocycles. The van der Waals surface area contributed by atoms with Gasteiger partial charge in [0.2, 0.25) is 0 Å². The van der Waals surface area contributed by atoms with E-state index in [0.717, 1.165) is 42.0 Å². The highest BCUT2D eigenvalue weighted by Gasteiger charge is 2.39. The van der Waals surface area contributed by atoms with E-state index in [9.17, 15) is 9.90 Å². The monoisotopic (exact) mass is 465 g/mol. The second kappa shape index (κ2) is 8.53. The van der Waals surface area contributed by atoms with Gasteiger partial charge < -0.3 is 14.7 Å². The van der Waals surface area contributed by atoms with Gasteiger partial charge in [0.25, 0.3) is 5.56 Å². The molecule has 33 heavy (non-hydrogen) atoms. The number of piperidine rings is 1. The lowest BCUT2D eigenvalue weighted by Crippen LogP contribution is -2.43. The van der Waals surface area contributed by atoms with E-state index >= 15 is 0 Å². The summed E-state index contributed by atoms with van der Waals surface area (Å²) in [6, 6.07) is 10.9. The van der Waals surface area contributed by atoms with Crippen molar-refractivity contribution in [1.29, 1.82) is 0 Å². The van der Waals surface area contributed by atoms with Gasteiger partial charge in [-0.15, -0.1) is 11.3 Å². The fourth-order valence-corrected chi connectivity index (χ4v) is 7.22. The summed E-state index contributed by atoms with van der Waals surface area (Å²) in [5.41, 5.74) is 1.36. The lowest BCUT2D eigenvalue weighted by Gasteiger charge is -2.36. The summed E-state index contributed by atoms with van der Waals surface area (Å²) in [5.74, 6) is 1.15. The number of benzene rings is 1. The Kier molecular flexibility index (Phi) is 5.51. The van der Waals surface area contributed by atoms with Crippen LogP contribution in [0.4, 0.5) is 0 Å². The molecule has 1 aliphatic carbocycles. The number of aliphatic hydroxyl groups excluding tert-OH is 1. The normalized spacial score (nSPS) is 26.8. The van der Waals surface area contributed by atoms with Gasteiger partial charge in [-0.25, -0.2) is 4.98 Å². The van der Waals surface area contributed by atoms with Crippen molar-refractivity contribution in [3.8, 4) is 11.4 Å². The SMILES string of the molecule is CN1[C@@H]2CC[C@H]1C[C@H](Oc1ccc(-n3cnc4cc(C(O)C5CCCC5)sc4c3=O)cc1)C2. The van der Waals surface area contributed by atoms with E-state index in [1.165, 1.54) is 37.0 Å². The fourth-order valence-electron chi connectivity index (χ4n) is 6.10. The molecular weight excluding hydrogens is 434 g/mol. The van der Waals surface area contributed by atoms with Crippen molar-refractivity contribution in [2.45, 2.75) is 75.7 Å². The third-order valence-electron chi connectivity index (χ3n) is 8.07. The van der Waals surface area contributed by atoms with Gasteiger partial charge in [0.05, 0.1) is 17.3 Å². The molecule has 3 fully saturated rings. The highest BCUT2D eigenvalue weighted by molar-refractivity contribution is 7.19. The van der Waals surface area contributed by atoms with E-state index < -0.39 is 6.10 Å². The van der Waals surface area contributed by atoms with Crippen LogP contribution in [-0.2, 0) is 0 Å². The van der Waals surface area contributed by atoms with Crippen LogP contribution in [0.3, 0.4) is 0 Å². The summed E-state index contributed by atoms with van der Waals surface area (Å²) in [5, 5.41) is 10.8. The molecule has 0 radical (unpaired) electrons. The zero-order valence-corrected chi connectivity index (χ0v) is 19.8. The van der Waals surface area contributed by atoms with Crippen molar-refractivity contribution < 1.29 is 9.84 Å². The van der Waals surface area contributed by atoms with Crippen LogP contribution in [0.15, 0.2) is 41.5 Å². The zero-order valence-electron chi connectivity index (χ0n) is 19.0. The van der Waals surface area contributed by atoms with E-state index in [2.05, 4.69) is 16.9 Å². The first-order chi connectivity index (χ1) is 16.1. The van der Waals surface area contributed by atoms with Crippen molar-refractivity contribution in [3.63, 3.8) is 0 Å². The van der Waals surface area contributed by atoms with Crippen LogP contribution >= 0.6 is 11.3 Å². The molecule has 7 heteroatoms. The summed E-state index contributed by atoms with van der Waals surface area (Å²) >= 11 is 1.39. The molecule has 4 atom stereocenters. The summed E-state index contributed by atoms with van der Waals surface area (Å²) < 4.78 is 8.49. The van der Waals surface area contributed by atoms with Crippen LogP contribution < -0.4 is 10.3 Å². The minimum Gasteiger partial charge on any atom is -0.490 e. The number of fused-ring (bicyclic) bond motifs is 3. The number of nitrogens with zero attached hydrogens (tertiary/aromatic N) is 3. The topological polar surface area (TPSA) is 67.6 Å². The molecule has 1 saturated carbocycles. The van der Waals surface area contributed by atoms with E-state index in [1.54, 1.807) is 10.9 Å². The maximum atomic E-state index is 13.2. The lowest BCUT2D eigenvalue weighted by atomic mass is 10.00. The molecule has 2 bridgehead atoms. The van der Waals surface area contributed by atoms with E-state index in [4.69, 9.17) is 4.74 Å². The highest BCUT2D eigenvalue weighted by Crippen LogP contribution is 2.39. The first-order valence-electron chi connectivity index (χ1n) is 12.2. The number of aromatic nitrogens is 2. The van der Waals surface area contributed by atoms with Gasteiger partial charge >= 0.3 is 0 Å². The zero-order chi connectivity index (χ0) is 22.5. The Bertz CT molecular complexity index is 1180. The molecule has 2 aromatic heterocycles. The molecule has 6 nitrogen and oxygen atoms in total. The standard InChI is InChI=1S/C26H31N3O3S/c1-28-18-6-7-19(28)13-21(12-18)32-20-10-8-17(9-11-20)29-15-27-22-14-23(33-25(22)26(29)31)24(30)16-4-2-3-5-16/h8-11,14-16,18-19,21,24,30H,2-7,12-13H2,1H3/t18-,19+,21-,24?. The van der Waals surface area contributed by atoms with Gasteiger partial charge in [-0.1, -0.05) is 12.8 Å². The quantitative estimate of drug-likeness (QED) is 0.593. The molecule has 0 spiro atoms. The molecule has 2 saturated heterocycles. The molecule has 3 aliphatic rings. The van der Waals surface area contributed by atoms with Crippen LogP contribution in [0.25, 0.3) is 15.9 Å². The number of ether oxygens (including phenoxy) is 1. The fraction of sp³-hybridized carbons (Fsp3) is 0.538. The maximum Gasteiger partial charge on any atom is 0.275 e. The summed E-state index contributed by atoms with van der Waals surface area (Å²) in [6.45, 7) is 0. The highest BCUT2D eigenvalue weighted by atomic mass is 32.1. The molecular formula is C26H31N3O3S. The number of thiophene rings is 1. The van der Waals surface area contributed by atoms with Crippen molar-refractivity contribution in [1.82, 2.24) is 14.5 Å². The number of hydrogen-bond donors (Lipinski definition) is 1. The van der Waals surface area contributed by atoms with Crippen LogP contribution in [0.1, 0.15) is 62.3 Å². The van der Waals surface area contributed by atoms with Gasteiger partial charge in [-0.05, 0) is 81.8 Å². The maximum absolute atomic E-state index is 13.2. The lowest BCUT2D eigenvalue weighted by molar-refractivity contribution is 0.0662. The molecule has 4 heterocycles. The first-order valence-corrected chi connectivity index (χ1v) is 13.1. The Morgan fingerprint density at radius 3 is 2.48 bits per heavy atom. The Morgan fingerprint density at radius 2 is 1.79 bits per heavy atom. The molecule has 174 valence electrons. The largest absolute Gasteiger partial charge is 0.490 e. The molecule has 0 amide bonds. The van der Waals surface area contributed by atoms with Gasteiger partial charge in [-0.3, -0.25) is 9.36 Å². The summed E-state index contributed by atoms with van der Waals surface area (Å²) in [4.78, 5) is 21.1. The predicted octanol–water partition coefficient (Wildman–Crippen LogP) is 4.67. The predicted molar refractivity (Wildman–Crippen MR) is 130 cm³/mol. The van der Waals surface area contributed by atoms with E-state index in [0.29, 0.717) is 28.2 Å². The second-order valence-electron chi connectivity index (χ2n) is 10.0. The van der Waals surface area contributed by atoms with Crippen molar-refractivity contribution in [2.24, 2.45) is 5.92 Å². The second-order valence-corrected chi connectivity index (χ2v) is 11.1. The van der Waals surface area contributed by atoms with Crippen LogP contribution in [0.2, 0.25) is 0 Å². The number of hydrogen-bond acceptors (Lipinski definition) is 6. The third-order valence-corrected chi connectivity index (χ3v) is 9.25. The van der Waals surface area contributed by atoms with Crippen molar-refractivity contribution >= 4 is 21.6 Å².